The number of carboxylic acids is 1. The van der Waals surface area contributed by atoms with Crippen molar-refractivity contribution in [1.29, 1.82) is 0 Å². The van der Waals surface area contributed by atoms with Gasteiger partial charge in [0.2, 0.25) is 0 Å². The Morgan fingerprint density at radius 3 is 2.55 bits per heavy atom. The van der Waals surface area contributed by atoms with E-state index in [4.69, 9.17) is 4.74 Å². The largest absolute Gasteiger partial charge is 0.478 e. The van der Waals surface area contributed by atoms with Gasteiger partial charge in [0.25, 0.3) is 12.4 Å². The van der Waals surface area contributed by atoms with E-state index < -0.39 is 24.9 Å². The van der Waals surface area contributed by atoms with Crippen molar-refractivity contribution >= 4 is 25.5 Å². The van der Waals surface area contributed by atoms with Crippen LogP contribution in [-0.4, -0.2) is 53.6 Å². The van der Waals surface area contributed by atoms with Crippen LogP contribution >= 0.6 is 0 Å². The van der Waals surface area contributed by atoms with Gasteiger partial charge >= 0.3 is 13.1 Å². The summed E-state index contributed by atoms with van der Waals surface area (Å²) in [7, 11) is -0.160. The number of hydrogen-bond acceptors (Lipinski definition) is 7. The molecule has 0 unspecified atom stereocenters. The van der Waals surface area contributed by atoms with Crippen LogP contribution in [0.3, 0.4) is 0 Å². The van der Waals surface area contributed by atoms with E-state index in [2.05, 4.69) is 10.6 Å². The molecule has 0 aliphatic heterocycles. The smallest absolute Gasteiger partial charge is 0.475 e. The molecule has 0 radical (unpaired) electrons. The zero-order valence-electron chi connectivity index (χ0n) is 15.7. The molecule has 2 rings (SSSR count). The number of carbonyl (C=O) groups is 3. The fourth-order valence-corrected chi connectivity index (χ4v) is 2.85. The molecule has 0 saturated heterocycles. The molecule has 0 aliphatic carbocycles. The minimum Gasteiger partial charge on any atom is -0.478 e. The van der Waals surface area contributed by atoms with Crippen molar-refractivity contribution in [2.75, 3.05) is 7.05 Å². The van der Waals surface area contributed by atoms with Crippen LogP contribution in [0.25, 0.3) is 0 Å². The van der Waals surface area contributed by atoms with Crippen LogP contribution in [0.1, 0.15) is 31.8 Å². The summed E-state index contributed by atoms with van der Waals surface area (Å²) in [6.07, 6.45) is -0.177. The zero-order chi connectivity index (χ0) is 21.4. The average Bonchev–Trinajstić information content (AvgIpc) is 2.69. The topological polar surface area (TPSA) is 145 Å². The Labute approximate surface area is 167 Å². The van der Waals surface area contributed by atoms with E-state index in [1.54, 1.807) is 25.2 Å². The number of amides is 1. The Hall–Kier alpha value is -3.21. The molecule has 1 amide bonds. The van der Waals surface area contributed by atoms with Gasteiger partial charge in [-0.2, -0.15) is 0 Å². The van der Waals surface area contributed by atoms with Crippen LogP contribution in [0.2, 0.25) is 0 Å². The fourth-order valence-electron chi connectivity index (χ4n) is 2.85. The standard InChI is InChI=1S/C19H21BN2O7/c1-21-10-12-4-2-6-14(8-12)18(24)22-16(20(27)28)9-13-5-3-7-15(19(25)26)17(13)29-11-23/h2-8,11,16,21,27-28H,9-10H2,1H3,(H,22,24)(H,25,26)/t16-/m0/s1. The molecule has 152 valence electrons. The van der Waals surface area contributed by atoms with Gasteiger partial charge in [-0.3, -0.25) is 9.59 Å². The van der Waals surface area contributed by atoms with Crippen LogP contribution in [0.4, 0.5) is 0 Å². The van der Waals surface area contributed by atoms with Crippen molar-refractivity contribution in [1.82, 2.24) is 10.6 Å². The number of rotatable bonds is 10. The van der Waals surface area contributed by atoms with E-state index in [1.807, 2.05) is 6.07 Å². The molecule has 5 N–H and O–H groups in total. The summed E-state index contributed by atoms with van der Waals surface area (Å²) in [5.74, 6) is -3.23. The average molecular weight is 400 g/mol. The van der Waals surface area contributed by atoms with E-state index in [-0.39, 0.29) is 29.8 Å². The van der Waals surface area contributed by atoms with E-state index in [0.29, 0.717) is 12.1 Å². The Morgan fingerprint density at radius 2 is 1.93 bits per heavy atom. The molecule has 0 aliphatic rings. The number of nitrogens with one attached hydrogen (secondary N) is 2. The van der Waals surface area contributed by atoms with Crippen molar-refractivity contribution in [2.45, 2.75) is 18.9 Å². The SMILES string of the molecule is CNCc1cccc(C(=O)N[C@@H](Cc2cccc(C(=O)O)c2OC=O)B(O)O)c1. The van der Waals surface area contributed by atoms with Gasteiger partial charge < -0.3 is 30.5 Å². The molecule has 0 fully saturated rings. The molecule has 10 heteroatoms. The summed E-state index contributed by atoms with van der Waals surface area (Å²) in [5.41, 5.74) is 1.16. The second kappa shape index (κ2) is 10.4. The minimum atomic E-state index is -1.93. The molecule has 9 nitrogen and oxygen atoms in total. The lowest BCUT2D eigenvalue weighted by molar-refractivity contribution is -0.120. The lowest BCUT2D eigenvalue weighted by Crippen LogP contribution is -2.48. The summed E-state index contributed by atoms with van der Waals surface area (Å²) in [6.45, 7) is 0.642. The third kappa shape index (κ3) is 5.88. The molecule has 0 bridgehead atoms. The molecular weight excluding hydrogens is 379 g/mol. The second-order valence-electron chi connectivity index (χ2n) is 6.24. The van der Waals surface area contributed by atoms with E-state index in [1.165, 1.54) is 18.2 Å². The molecule has 0 aromatic heterocycles. The molecule has 1 atom stereocenters. The Balaban J connectivity index is 2.26. The third-order valence-corrected chi connectivity index (χ3v) is 4.18. The number of hydrogen-bond donors (Lipinski definition) is 5. The van der Waals surface area contributed by atoms with Crippen molar-refractivity contribution in [3.8, 4) is 5.75 Å². The van der Waals surface area contributed by atoms with Gasteiger partial charge in [-0.1, -0.05) is 24.3 Å². The number of carboxylic acid groups (broad SMARTS) is 1. The van der Waals surface area contributed by atoms with Crippen LogP contribution in [-0.2, 0) is 17.8 Å². The first-order chi connectivity index (χ1) is 13.9. The summed E-state index contributed by atoms with van der Waals surface area (Å²) in [5, 5.41) is 34.2. The molecule has 0 spiro atoms. The second-order valence-corrected chi connectivity index (χ2v) is 6.24. The van der Waals surface area contributed by atoms with Crippen LogP contribution in [0.5, 0.6) is 5.75 Å². The van der Waals surface area contributed by atoms with Crippen molar-refractivity contribution in [3.63, 3.8) is 0 Å². The van der Waals surface area contributed by atoms with Gasteiger partial charge in [0, 0.05) is 12.1 Å². The summed E-state index contributed by atoms with van der Waals surface area (Å²) in [4.78, 5) is 34.7. The number of aromatic carboxylic acids is 1. The van der Waals surface area contributed by atoms with E-state index >= 15 is 0 Å². The predicted molar refractivity (Wildman–Crippen MR) is 104 cm³/mol. The van der Waals surface area contributed by atoms with Crippen molar-refractivity contribution in [2.24, 2.45) is 0 Å². The Kier molecular flexibility index (Phi) is 7.90. The first kappa shape index (κ1) is 22.1. The Bertz CT molecular complexity index is 889. The summed E-state index contributed by atoms with van der Waals surface area (Å²) >= 11 is 0. The lowest BCUT2D eigenvalue weighted by Gasteiger charge is -2.20. The van der Waals surface area contributed by atoms with E-state index in [9.17, 15) is 29.5 Å². The zero-order valence-corrected chi connectivity index (χ0v) is 15.7. The van der Waals surface area contributed by atoms with Crippen molar-refractivity contribution < 1.29 is 34.3 Å². The van der Waals surface area contributed by atoms with Crippen LogP contribution < -0.4 is 15.4 Å². The highest BCUT2D eigenvalue weighted by molar-refractivity contribution is 6.43. The maximum absolute atomic E-state index is 12.6. The normalized spacial score (nSPS) is 11.4. The predicted octanol–water partition coefficient (Wildman–Crippen LogP) is -0.00750. The number of ether oxygens (including phenoxy) is 1. The molecule has 0 heterocycles. The molecular formula is C19H21BN2O7. The number of para-hydroxylation sites is 1. The highest BCUT2D eigenvalue weighted by atomic mass is 16.5. The van der Waals surface area contributed by atoms with Gasteiger partial charge in [0.15, 0.2) is 0 Å². The number of carbonyl (C=O) groups excluding carboxylic acids is 2. The fraction of sp³-hybridized carbons (Fsp3) is 0.211. The first-order valence-corrected chi connectivity index (χ1v) is 8.73. The van der Waals surface area contributed by atoms with Gasteiger partial charge in [0.05, 0.1) is 5.94 Å². The highest BCUT2D eigenvalue weighted by Gasteiger charge is 2.28. The van der Waals surface area contributed by atoms with Gasteiger partial charge in [-0.25, -0.2) is 4.79 Å². The highest BCUT2D eigenvalue weighted by Crippen LogP contribution is 2.25. The van der Waals surface area contributed by atoms with Gasteiger partial charge in [-0.05, 0) is 42.8 Å². The molecule has 29 heavy (non-hydrogen) atoms. The maximum atomic E-state index is 12.6. The van der Waals surface area contributed by atoms with Gasteiger partial charge in [0.1, 0.15) is 11.3 Å². The molecule has 2 aromatic carbocycles. The van der Waals surface area contributed by atoms with E-state index in [0.717, 1.165) is 5.56 Å². The Morgan fingerprint density at radius 1 is 1.21 bits per heavy atom. The summed E-state index contributed by atoms with van der Waals surface area (Å²) < 4.78 is 4.80. The molecule has 2 aromatic rings. The maximum Gasteiger partial charge on any atom is 0.475 e. The first-order valence-electron chi connectivity index (χ1n) is 8.73. The van der Waals surface area contributed by atoms with Crippen LogP contribution in [0.15, 0.2) is 42.5 Å². The summed E-state index contributed by atoms with van der Waals surface area (Å²) in [6, 6.07) is 11.0. The molecule has 0 saturated carbocycles. The monoisotopic (exact) mass is 400 g/mol. The minimum absolute atomic E-state index is 0.0848. The van der Waals surface area contributed by atoms with Crippen LogP contribution in [0, 0.1) is 0 Å². The number of benzene rings is 2. The van der Waals surface area contributed by atoms with Gasteiger partial charge in [-0.15, -0.1) is 0 Å². The lowest BCUT2D eigenvalue weighted by atomic mass is 9.75. The third-order valence-electron chi connectivity index (χ3n) is 4.18. The van der Waals surface area contributed by atoms with Crippen molar-refractivity contribution in [3.05, 3.63) is 64.7 Å². The quantitative estimate of drug-likeness (QED) is 0.277.